The number of carboxylic acids is 1. The van der Waals surface area contributed by atoms with Crippen LogP contribution in [0.15, 0.2) is 12.4 Å². The number of hydrogen-bond acceptors (Lipinski definition) is 3. The highest BCUT2D eigenvalue weighted by Gasteiger charge is 2.22. The summed E-state index contributed by atoms with van der Waals surface area (Å²) in [6.45, 7) is 7.91. The Hall–Kier alpha value is -1.85. The molecule has 1 amide bonds. The van der Waals surface area contributed by atoms with E-state index in [-0.39, 0.29) is 5.54 Å². The number of unbranched alkanes of at least 4 members (excludes halogenated alkanes) is 1. The minimum absolute atomic E-state index is 0.215. The first kappa shape index (κ1) is 16.2. The van der Waals surface area contributed by atoms with Crippen LogP contribution in [-0.2, 0) is 10.3 Å². The van der Waals surface area contributed by atoms with E-state index in [1.54, 1.807) is 10.9 Å². The molecule has 0 radical (unpaired) electrons. The first-order chi connectivity index (χ1) is 9.25. The Labute approximate surface area is 119 Å². The highest BCUT2D eigenvalue weighted by molar-refractivity contribution is 5.96. The number of carboxylic acid groups (broad SMARTS) is 1. The number of amides is 1. The van der Waals surface area contributed by atoms with Gasteiger partial charge in [0, 0.05) is 6.20 Å². The van der Waals surface area contributed by atoms with Crippen molar-refractivity contribution >= 4 is 11.9 Å². The Balaban J connectivity index is 2.74. The molecule has 112 valence electrons. The normalized spacial score (nSPS) is 13.0. The summed E-state index contributed by atoms with van der Waals surface area (Å²) in [6, 6.07) is -0.847. The van der Waals surface area contributed by atoms with Gasteiger partial charge in [-0.15, -0.1) is 0 Å². The van der Waals surface area contributed by atoms with E-state index in [0.717, 1.165) is 12.8 Å². The zero-order valence-corrected chi connectivity index (χ0v) is 12.5. The van der Waals surface area contributed by atoms with Gasteiger partial charge in [-0.1, -0.05) is 19.8 Å². The molecule has 1 aromatic heterocycles. The van der Waals surface area contributed by atoms with Crippen LogP contribution in [0.2, 0.25) is 0 Å². The molecule has 1 unspecified atom stereocenters. The van der Waals surface area contributed by atoms with Gasteiger partial charge in [-0.2, -0.15) is 5.10 Å². The number of aliphatic carboxylic acids is 1. The van der Waals surface area contributed by atoms with Crippen molar-refractivity contribution in [3.63, 3.8) is 0 Å². The van der Waals surface area contributed by atoms with E-state index in [2.05, 4.69) is 10.4 Å². The van der Waals surface area contributed by atoms with Crippen molar-refractivity contribution in [3.8, 4) is 0 Å². The van der Waals surface area contributed by atoms with Crippen LogP contribution < -0.4 is 5.32 Å². The molecule has 1 rings (SSSR count). The lowest BCUT2D eigenvalue weighted by atomic mass is 10.1. The Kier molecular flexibility index (Phi) is 5.30. The molecule has 2 N–H and O–H groups in total. The summed E-state index contributed by atoms with van der Waals surface area (Å²) >= 11 is 0. The van der Waals surface area contributed by atoms with Crippen LogP contribution in [0.1, 0.15) is 57.3 Å². The monoisotopic (exact) mass is 281 g/mol. The van der Waals surface area contributed by atoms with Crippen molar-refractivity contribution in [2.45, 2.75) is 58.5 Å². The summed E-state index contributed by atoms with van der Waals surface area (Å²) in [5, 5.41) is 15.8. The van der Waals surface area contributed by atoms with E-state index in [9.17, 15) is 9.59 Å². The van der Waals surface area contributed by atoms with E-state index >= 15 is 0 Å². The lowest BCUT2D eigenvalue weighted by Gasteiger charge is -2.18. The second-order valence-electron chi connectivity index (χ2n) is 5.85. The van der Waals surface area contributed by atoms with E-state index in [1.165, 1.54) is 6.20 Å². The van der Waals surface area contributed by atoms with Crippen LogP contribution in [0.3, 0.4) is 0 Å². The molecule has 0 saturated heterocycles. The van der Waals surface area contributed by atoms with Gasteiger partial charge in [0.1, 0.15) is 6.04 Å². The zero-order valence-electron chi connectivity index (χ0n) is 12.5. The summed E-state index contributed by atoms with van der Waals surface area (Å²) in [5.74, 6) is -1.40. The molecule has 0 saturated carbocycles. The van der Waals surface area contributed by atoms with Gasteiger partial charge >= 0.3 is 5.97 Å². The number of aromatic nitrogens is 2. The summed E-state index contributed by atoms with van der Waals surface area (Å²) < 4.78 is 1.68. The van der Waals surface area contributed by atoms with Crippen molar-refractivity contribution in [1.82, 2.24) is 15.1 Å². The summed E-state index contributed by atoms with van der Waals surface area (Å²) in [6.07, 6.45) is 5.18. The van der Waals surface area contributed by atoms with Crippen LogP contribution in [0.4, 0.5) is 0 Å². The minimum atomic E-state index is -1.00. The van der Waals surface area contributed by atoms with Gasteiger partial charge in [-0.3, -0.25) is 9.48 Å². The molecule has 0 aliphatic heterocycles. The quantitative estimate of drug-likeness (QED) is 0.835. The summed E-state index contributed by atoms with van der Waals surface area (Å²) in [4.78, 5) is 23.1. The molecule has 6 nitrogen and oxygen atoms in total. The highest BCUT2D eigenvalue weighted by atomic mass is 16.4. The van der Waals surface area contributed by atoms with Crippen molar-refractivity contribution in [2.75, 3.05) is 0 Å². The van der Waals surface area contributed by atoms with Gasteiger partial charge in [0.15, 0.2) is 0 Å². The largest absolute Gasteiger partial charge is 0.480 e. The third-order valence-corrected chi connectivity index (χ3v) is 2.98. The van der Waals surface area contributed by atoms with E-state index in [4.69, 9.17) is 5.11 Å². The summed E-state index contributed by atoms with van der Waals surface area (Å²) in [5.41, 5.74) is 0.162. The maximum absolute atomic E-state index is 12.0. The van der Waals surface area contributed by atoms with Gasteiger partial charge in [0.2, 0.25) is 0 Å². The molecule has 0 aliphatic carbocycles. The lowest BCUT2D eigenvalue weighted by molar-refractivity contribution is -0.139. The van der Waals surface area contributed by atoms with E-state index in [1.807, 2.05) is 27.7 Å². The maximum atomic E-state index is 12.0. The predicted octanol–water partition coefficient (Wildman–Crippen LogP) is 2.01. The molecule has 1 atom stereocenters. The van der Waals surface area contributed by atoms with Crippen LogP contribution in [-0.4, -0.2) is 32.8 Å². The Bertz CT molecular complexity index is 474. The highest BCUT2D eigenvalue weighted by Crippen LogP contribution is 2.13. The smallest absolute Gasteiger partial charge is 0.326 e. The number of nitrogens with zero attached hydrogens (tertiary/aromatic N) is 2. The van der Waals surface area contributed by atoms with Crippen molar-refractivity contribution < 1.29 is 14.7 Å². The molecule has 0 aromatic carbocycles. The predicted molar refractivity (Wildman–Crippen MR) is 75.6 cm³/mol. The molecule has 1 heterocycles. The van der Waals surface area contributed by atoms with Gasteiger partial charge in [-0.25, -0.2) is 4.79 Å². The third kappa shape index (κ3) is 4.36. The van der Waals surface area contributed by atoms with Crippen LogP contribution in [0.25, 0.3) is 0 Å². The molecule has 0 spiro atoms. The van der Waals surface area contributed by atoms with Gasteiger partial charge in [0.25, 0.3) is 5.91 Å². The zero-order chi connectivity index (χ0) is 15.3. The average Bonchev–Trinajstić information content (AvgIpc) is 2.83. The fourth-order valence-corrected chi connectivity index (χ4v) is 1.71. The second-order valence-corrected chi connectivity index (χ2v) is 5.85. The molecule has 0 aliphatic rings. The Morgan fingerprint density at radius 3 is 2.55 bits per heavy atom. The van der Waals surface area contributed by atoms with Gasteiger partial charge in [0.05, 0.1) is 17.3 Å². The third-order valence-electron chi connectivity index (χ3n) is 2.98. The molecule has 0 bridgehead atoms. The minimum Gasteiger partial charge on any atom is -0.480 e. The van der Waals surface area contributed by atoms with Crippen LogP contribution in [0.5, 0.6) is 0 Å². The number of hydrogen-bond donors (Lipinski definition) is 2. The lowest BCUT2D eigenvalue weighted by Crippen LogP contribution is -2.40. The number of carbonyl (C=O) groups excluding carboxylic acids is 1. The SMILES string of the molecule is CCCCC(NC(=O)c1cnn(C(C)(C)C)c1)C(=O)O. The number of nitrogens with one attached hydrogen (secondary N) is 1. The molecule has 0 fully saturated rings. The van der Waals surface area contributed by atoms with Crippen molar-refractivity contribution in [2.24, 2.45) is 0 Å². The first-order valence-electron chi connectivity index (χ1n) is 6.84. The fourth-order valence-electron chi connectivity index (χ4n) is 1.71. The average molecular weight is 281 g/mol. The fraction of sp³-hybridized carbons (Fsp3) is 0.643. The topological polar surface area (TPSA) is 84.2 Å². The van der Waals surface area contributed by atoms with E-state index in [0.29, 0.717) is 12.0 Å². The van der Waals surface area contributed by atoms with Crippen LogP contribution >= 0.6 is 0 Å². The second kappa shape index (κ2) is 6.54. The molecular weight excluding hydrogens is 258 g/mol. The molecule has 20 heavy (non-hydrogen) atoms. The Morgan fingerprint density at radius 1 is 1.45 bits per heavy atom. The molecule has 1 aromatic rings. The number of rotatable bonds is 6. The van der Waals surface area contributed by atoms with Gasteiger partial charge < -0.3 is 10.4 Å². The molecule has 6 heteroatoms. The standard InChI is InChI=1S/C14H23N3O3/c1-5-6-7-11(13(19)20)16-12(18)10-8-15-17(9-10)14(2,3)4/h8-9,11H,5-7H2,1-4H3,(H,16,18)(H,19,20). The first-order valence-corrected chi connectivity index (χ1v) is 6.84. The summed E-state index contributed by atoms with van der Waals surface area (Å²) in [7, 11) is 0. The van der Waals surface area contributed by atoms with Gasteiger partial charge in [-0.05, 0) is 27.2 Å². The maximum Gasteiger partial charge on any atom is 0.326 e. The number of carbonyl (C=O) groups is 2. The van der Waals surface area contributed by atoms with Crippen molar-refractivity contribution in [3.05, 3.63) is 18.0 Å². The molecular formula is C14H23N3O3. The van der Waals surface area contributed by atoms with E-state index < -0.39 is 17.9 Å². The Morgan fingerprint density at radius 2 is 2.10 bits per heavy atom. The van der Waals surface area contributed by atoms with Crippen molar-refractivity contribution in [1.29, 1.82) is 0 Å². The van der Waals surface area contributed by atoms with Crippen LogP contribution in [0, 0.1) is 0 Å².